The molecule has 0 aliphatic carbocycles. The average molecular weight is 580 g/mol. The van der Waals surface area contributed by atoms with E-state index in [-0.39, 0.29) is 35.4 Å². The topological polar surface area (TPSA) is 188 Å². The Balaban J connectivity index is 1.45. The Morgan fingerprint density at radius 1 is 1.34 bits per heavy atom. The Morgan fingerprint density at radius 2 is 2.08 bits per heavy atom. The van der Waals surface area contributed by atoms with Gasteiger partial charge in [0.05, 0.1) is 0 Å². The highest BCUT2D eigenvalue weighted by Crippen LogP contribution is 2.41. The lowest BCUT2D eigenvalue weighted by atomic mass is 10.0. The predicted octanol–water partition coefficient (Wildman–Crippen LogP) is 0.369. The van der Waals surface area contributed by atoms with Gasteiger partial charge >= 0.3 is 11.9 Å². The summed E-state index contributed by atoms with van der Waals surface area (Å²) in [6.45, 7) is 1.75. The van der Waals surface area contributed by atoms with Crippen molar-refractivity contribution in [3.63, 3.8) is 0 Å². The molecule has 0 aromatic carbocycles. The lowest BCUT2D eigenvalue weighted by Gasteiger charge is -2.49. The number of hydrogen-bond acceptors (Lipinski definition) is 11. The van der Waals surface area contributed by atoms with Crippen LogP contribution >= 0.6 is 34.9 Å². The summed E-state index contributed by atoms with van der Waals surface area (Å²) in [6, 6.07) is 2.54. The number of aromatic nitrogens is 2. The summed E-state index contributed by atoms with van der Waals surface area (Å²) in [7, 11) is 0. The third kappa shape index (κ3) is 5.92. The highest BCUT2D eigenvalue weighted by Gasteiger charge is 2.54. The fraction of sp³-hybridized carbons (Fsp3) is 0.318. The molecule has 2 aliphatic rings. The number of hydrogen-bond donors (Lipinski definition) is 4. The standard InChI is InChI=1S/C22H22N6O7S3/c1-2-35-26-15(13-10-38-22(23)24-13)18(31)25-16-19(32)28-17(21(33)34)11(9-37-20(16)28)8-36-12-3-5-27(6-4-12)7-14(29)30/h3-6,10,16,20H,2,7-9H2,1H3,(H4-,23,24,25,29,30,31,33,34)/p+1/t16-,20-/m1/s1. The van der Waals surface area contributed by atoms with Gasteiger partial charge in [-0.05, 0) is 12.5 Å². The van der Waals surface area contributed by atoms with Gasteiger partial charge in [0, 0.05) is 33.9 Å². The summed E-state index contributed by atoms with van der Waals surface area (Å²) < 4.78 is 1.51. The second kappa shape index (κ2) is 11.8. The number of carbonyl (C=O) groups is 4. The molecule has 0 radical (unpaired) electrons. The SMILES string of the molecule is CCON=C(C(=O)N[C@@H]1C(=O)N2C(C(=O)O)=C(CSc3cc[n+](CC(=O)O)cc3)CS[C@H]12)c1csc(N)n1. The highest BCUT2D eigenvalue weighted by atomic mass is 32.2. The van der Waals surface area contributed by atoms with E-state index >= 15 is 0 Å². The van der Waals surface area contributed by atoms with Crippen LogP contribution in [-0.4, -0.2) is 79.1 Å². The van der Waals surface area contributed by atoms with Gasteiger partial charge in [0.2, 0.25) is 6.54 Å². The quantitative estimate of drug-likeness (QED) is 0.0946. The maximum absolute atomic E-state index is 13.0. The normalized spacial score (nSPS) is 19.0. The number of carbonyl (C=O) groups excluding carboxylic acids is 2. The van der Waals surface area contributed by atoms with Gasteiger partial charge in [-0.1, -0.05) is 5.16 Å². The molecule has 2 aromatic heterocycles. The number of nitrogens with two attached hydrogens (primary N) is 1. The van der Waals surface area contributed by atoms with E-state index in [1.807, 2.05) is 0 Å². The molecular formula is C22H23N6O7S3+. The van der Waals surface area contributed by atoms with Crippen LogP contribution in [-0.2, 0) is 30.6 Å². The van der Waals surface area contributed by atoms with Crippen LogP contribution in [0, 0.1) is 0 Å². The summed E-state index contributed by atoms with van der Waals surface area (Å²) >= 11 is 3.85. The fourth-order valence-corrected chi connectivity index (χ4v) is 6.62. The van der Waals surface area contributed by atoms with Gasteiger partial charge in [-0.3, -0.25) is 14.5 Å². The first kappa shape index (κ1) is 27.4. The molecule has 13 nitrogen and oxygen atoms in total. The Labute approximate surface area is 228 Å². The first-order chi connectivity index (χ1) is 18.2. The number of nitrogens with one attached hydrogen (secondary N) is 1. The number of aliphatic carboxylic acids is 2. The molecule has 16 heteroatoms. The van der Waals surface area contributed by atoms with Gasteiger partial charge in [0.25, 0.3) is 11.8 Å². The number of thioether (sulfide) groups is 2. The van der Waals surface area contributed by atoms with E-state index in [1.165, 1.54) is 33.0 Å². The molecule has 1 saturated heterocycles. The summed E-state index contributed by atoms with van der Waals surface area (Å²) in [6.07, 6.45) is 3.26. The summed E-state index contributed by atoms with van der Waals surface area (Å²) in [5.74, 6) is -2.74. The van der Waals surface area contributed by atoms with Gasteiger partial charge in [-0.25, -0.2) is 14.6 Å². The molecule has 200 valence electrons. The number of β-lactam (4-membered cyclic amide) rings is 1. The highest BCUT2D eigenvalue weighted by molar-refractivity contribution is 8.01. The van der Waals surface area contributed by atoms with Gasteiger partial charge < -0.3 is 26.1 Å². The van der Waals surface area contributed by atoms with E-state index in [4.69, 9.17) is 15.7 Å². The summed E-state index contributed by atoms with van der Waals surface area (Å²) in [5.41, 5.74) is 6.22. The Bertz CT molecular complexity index is 1330. The van der Waals surface area contributed by atoms with Crippen LogP contribution < -0.4 is 15.6 Å². The van der Waals surface area contributed by atoms with Gasteiger partial charge in [0.15, 0.2) is 23.2 Å². The fourth-order valence-electron chi connectivity index (χ4n) is 3.71. The minimum atomic E-state index is -1.23. The van der Waals surface area contributed by atoms with Crippen molar-refractivity contribution in [2.75, 3.05) is 23.8 Å². The van der Waals surface area contributed by atoms with Crippen LogP contribution in [0.1, 0.15) is 12.6 Å². The number of carboxylic acid groups (broad SMARTS) is 2. The largest absolute Gasteiger partial charge is 0.477 e. The zero-order chi connectivity index (χ0) is 27.4. The summed E-state index contributed by atoms with van der Waals surface area (Å²) in [5, 5.41) is 26.4. The molecule has 1 fully saturated rings. The number of nitrogen functional groups attached to an aromatic ring is 1. The lowest BCUT2D eigenvalue weighted by molar-refractivity contribution is -0.686. The number of thiazole rings is 1. The number of nitrogens with zero attached hydrogens (tertiary/aromatic N) is 4. The minimum absolute atomic E-state index is 0.0934. The van der Waals surface area contributed by atoms with Gasteiger partial charge in [-0.2, -0.15) is 4.57 Å². The van der Waals surface area contributed by atoms with Crippen molar-refractivity contribution in [1.29, 1.82) is 0 Å². The maximum atomic E-state index is 13.0. The van der Waals surface area contributed by atoms with Crippen LogP contribution in [0.2, 0.25) is 0 Å². The van der Waals surface area contributed by atoms with Crippen molar-refractivity contribution >= 4 is 69.5 Å². The number of pyridine rings is 1. The smallest absolute Gasteiger partial charge is 0.370 e. The van der Waals surface area contributed by atoms with Crippen molar-refractivity contribution in [2.24, 2.45) is 5.16 Å². The third-order valence-corrected chi connectivity index (χ3v) is 8.50. The molecule has 0 unspecified atom stereocenters. The molecule has 2 amide bonds. The van der Waals surface area contributed by atoms with Crippen molar-refractivity contribution < 1.29 is 38.8 Å². The van der Waals surface area contributed by atoms with Crippen molar-refractivity contribution in [3.8, 4) is 0 Å². The number of oxime groups is 1. The zero-order valence-electron chi connectivity index (χ0n) is 19.9. The maximum Gasteiger partial charge on any atom is 0.370 e. The minimum Gasteiger partial charge on any atom is -0.477 e. The van der Waals surface area contributed by atoms with Crippen LogP contribution in [0.4, 0.5) is 5.13 Å². The number of carboxylic acids is 2. The monoisotopic (exact) mass is 579 g/mol. The second-order valence-corrected chi connectivity index (χ2v) is 11.0. The van der Waals surface area contributed by atoms with Crippen LogP contribution in [0.3, 0.4) is 0 Å². The Morgan fingerprint density at radius 3 is 2.68 bits per heavy atom. The molecule has 0 saturated carbocycles. The Kier molecular flexibility index (Phi) is 8.53. The lowest BCUT2D eigenvalue weighted by Crippen LogP contribution is -2.71. The summed E-state index contributed by atoms with van der Waals surface area (Å²) in [4.78, 5) is 60.0. The van der Waals surface area contributed by atoms with Gasteiger partial charge in [0.1, 0.15) is 29.4 Å². The third-order valence-electron chi connectivity index (χ3n) is 5.39. The van der Waals surface area contributed by atoms with Crippen molar-refractivity contribution in [1.82, 2.24) is 15.2 Å². The first-order valence-electron chi connectivity index (χ1n) is 11.2. The van der Waals surface area contributed by atoms with Gasteiger partial charge in [-0.15, -0.1) is 34.9 Å². The average Bonchev–Trinajstić information content (AvgIpc) is 3.31. The molecular weight excluding hydrogens is 556 g/mol. The Hall–Kier alpha value is -3.63. The van der Waals surface area contributed by atoms with E-state index in [2.05, 4.69) is 15.5 Å². The molecule has 0 spiro atoms. The second-order valence-electron chi connectivity index (χ2n) is 7.94. The van der Waals surface area contributed by atoms with E-state index in [9.17, 15) is 24.3 Å². The molecule has 2 aliphatic heterocycles. The van der Waals surface area contributed by atoms with E-state index in [0.717, 1.165) is 16.2 Å². The van der Waals surface area contributed by atoms with E-state index in [1.54, 1.807) is 36.8 Å². The number of anilines is 1. The van der Waals surface area contributed by atoms with E-state index in [0.29, 0.717) is 17.1 Å². The molecule has 4 rings (SSSR count). The number of amides is 2. The van der Waals surface area contributed by atoms with E-state index < -0.39 is 35.2 Å². The zero-order valence-corrected chi connectivity index (χ0v) is 22.3. The van der Waals surface area contributed by atoms with Crippen LogP contribution in [0.5, 0.6) is 0 Å². The number of fused-ring (bicyclic) bond motifs is 1. The van der Waals surface area contributed by atoms with Crippen LogP contribution in [0.15, 0.2) is 51.2 Å². The molecule has 0 bridgehead atoms. The molecule has 5 N–H and O–H groups in total. The predicted molar refractivity (Wildman–Crippen MR) is 139 cm³/mol. The molecule has 2 aromatic rings. The molecule has 4 heterocycles. The first-order valence-corrected chi connectivity index (χ1v) is 14.1. The van der Waals surface area contributed by atoms with Crippen molar-refractivity contribution in [3.05, 3.63) is 46.9 Å². The molecule has 38 heavy (non-hydrogen) atoms. The number of rotatable bonds is 11. The molecule has 2 atom stereocenters. The van der Waals surface area contributed by atoms with Crippen LogP contribution in [0.25, 0.3) is 0 Å². The van der Waals surface area contributed by atoms with Crippen molar-refractivity contribution in [2.45, 2.75) is 29.8 Å².